The first-order chi connectivity index (χ1) is 10.3. The van der Waals surface area contributed by atoms with E-state index in [1.165, 1.54) is 4.31 Å². The summed E-state index contributed by atoms with van der Waals surface area (Å²) in [5.74, 6) is 0.155. The molecule has 0 unspecified atom stereocenters. The largest absolute Gasteiger partial charge is 0.478 e. The normalized spacial score (nSPS) is 21.5. The Morgan fingerprint density at radius 1 is 1.36 bits per heavy atom. The van der Waals surface area contributed by atoms with Crippen LogP contribution in [0.2, 0.25) is 5.02 Å². The summed E-state index contributed by atoms with van der Waals surface area (Å²) in [4.78, 5) is 12.2. The van der Waals surface area contributed by atoms with Gasteiger partial charge < -0.3 is 10.1 Å². The number of halogens is 1. The van der Waals surface area contributed by atoms with E-state index in [-0.39, 0.29) is 24.9 Å². The van der Waals surface area contributed by atoms with Crippen molar-refractivity contribution in [3.05, 3.63) is 23.2 Å². The molecule has 0 radical (unpaired) electrons. The number of anilines is 1. The monoisotopic (exact) mass is 344 g/mol. The summed E-state index contributed by atoms with van der Waals surface area (Å²) < 4.78 is 31.0. The molecule has 1 amide bonds. The Bertz CT molecular complexity index is 703. The van der Waals surface area contributed by atoms with E-state index in [1.54, 1.807) is 18.2 Å². The highest BCUT2D eigenvalue weighted by molar-refractivity contribution is 7.92. The summed E-state index contributed by atoms with van der Waals surface area (Å²) in [6.07, 6.45) is 2.69. The van der Waals surface area contributed by atoms with Crippen molar-refractivity contribution < 1.29 is 17.9 Å². The molecule has 1 atom stereocenters. The maximum absolute atomic E-state index is 12.2. The number of amides is 1. The van der Waals surface area contributed by atoms with Crippen LogP contribution >= 0.6 is 11.6 Å². The van der Waals surface area contributed by atoms with Crippen molar-refractivity contribution in [2.45, 2.75) is 31.4 Å². The molecule has 2 aliphatic rings. The van der Waals surface area contributed by atoms with Crippen molar-refractivity contribution in [1.29, 1.82) is 0 Å². The summed E-state index contributed by atoms with van der Waals surface area (Å²) in [5.41, 5.74) is 0.372. The Hall–Kier alpha value is -1.47. The lowest BCUT2D eigenvalue weighted by atomic mass is 10.2. The van der Waals surface area contributed by atoms with Gasteiger partial charge in [-0.05, 0) is 31.0 Å². The molecule has 0 bridgehead atoms. The van der Waals surface area contributed by atoms with Crippen LogP contribution in [0.1, 0.15) is 19.3 Å². The van der Waals surface area contributed by atoms with Crippen LogP contribution in [0.4, 0.5) is 5.69 Å². The predicted octanol–water partition coefficient (Wildman–Crippen LogP) is 1.54. The topological polar surface area (TPSA) is 75.7 Å². The highest BCUT2D eigenvalue weighted by Crippen LogP contribution is 2.36. The number of rotatable bonds is 3. The van der Waals surface area contributed by atoms with Gasteiger partial charge in [-0.1, -0.05) is 11.6 Å². The van der Waals surface area contributed by atoms with Gasteiger partial charge in [-0.3, -0.25) is 9.10 Å². The highest BCUT2D eigenvalue weighted by atomic mass is 35.5. The average Bonchev–Trinajstić information content (AvgIpc) is 3.22. The van der Waals surface area contributed by atoms with Crippen molar-refractivity contribution in [3.63, 3.8) is 0 Å². The molecule has 1 fully saturated rings. The third-order valence-electron chi connectivity index (χ3n) is 3.67. The lowest BCUT2D eigenvalue weighted by Crippen LogP contribution is -2.40. The number of fused-ring (bicyclic) bond motifs is 1. The minimum Gasteiger partial charge on any atom is -0.478 e. The van der Waals surface area contributed by atoms with Gasteiger partial charge in [0.25, 0.3) is 5.91 Å². The molecule has 1 saturated carbocycles. The quantitative estimate of drug-likeness (QED) is 0.902. The first-order valence-corrected chi connectivity index (χ1v) is 9.31. The van der Waals surface area contributed by atoms with Crippen LogP contribution < -0.4 is 14.4 Å². The van der Waals surface area contributed by atoms with Gasteiger partial charge in [0.1, 0.15) is 5.75 Å². The van der Waals surface area contributed by atoms with Crippen molar-refractivity contribution in [2.24, 2.45) is 0 Å². The Labute approximate surface area is 134 Å². The van der Waals surface area contributed by atoms with Crippen molar-refractivity contribution >= 4 is 33.2 Å². The van der Waals surface area contributed by atoms with E-state index < -0.39 is 16.1 Å². The first-order valence-electron chi connectivity index (χ1n) is 7.09. The van der Waals surface area contributed by atoms with Crippen LogP contribution in [-0.4, -0.2) is 39.3 Å². The zero-order chi connectivity index (χ0) is 15.9. The van der Waals surface area contributed by atoms with Crippen molar-refractivity contribution in [2.75, 3.05) is 17.1 Å². The molecule has 3 rings (SSSR count). The molecule has 1 aliphatic heterocycles. The fraction of sp³-hybridized carbons (Fsp3) is 0.500. The summed E-state index contributed by atoms with van der Waals surface area (Å²) in [7, 11) is -3.48. The molecule has 1 heterocycles. The van der Waals surface area contributed by atoms with Gasteiger partial charge in [0.05, 0.1) is 11.9 Å². The number of hydrogen-bond acceptors (Lipinski definition) is 4. The molecule has 6 nitrogen and oxygen atoms in total. The molecular weight excluding hydrogens is 328 g/mol. The average molecular weight is 345 g/mol. The molecule has 0 spiro atoms. The van der Waals surface area contributed by atoms with E-state index in [9.17, 15) is 13.2 Å². The van der Waals surface area contributed by atoms with Crippen LogP contribution in [-0.2, 0) is 14.8 Å². The van der Waals surface area contributed by atoms with E-state index in [2.05, 4.69) is 5.32 Å². The number of ether oxygens (including phenoxy) is 1. The second-order valence-electron chi connectivity index (χ2n) is 5.63. The standard InChI is InChI=1S/C14H17ClN2O4S/c1-22(19,20)17-7-6-13(14(18)16-10-3-4-10)21-12-5-2-9(15)8-11(12)17/h2,5,8,10,13H,3-4,6-7H2,1H3,(H,16,18)/t13-/m0/s1. The molecule has 0 saturated heterocycles. The number of nitrogens with one attached hydrogen (secondary N) is 1. The van der Waals surface area contributed by atoms with Crippen LogP contribution in [0, 0.1) is 0 Å². The third-order valence-corrected chi connectivity index (χ3v) is 5.08. The Morgan fingerprint density at radius 2 is 2.09 bits per heavy atom. The maximum atomic E-state index is 12.2. The Kier molecular flexibility index (Phi) is 3.94. The van der Waals surface area contributed by atoms with Gasteiger partial charge in [-0.2, -0.15) is 0 Å². The number of nitrogens with zero attached hydrogens (tertiary/aromatic N) is 1. The molecule has 8 heteroatoms. The molecule has 1 aromatic rings. The Balaban J connectivity index is 1.91. The zero-order valence-corrected chi connectivity index (χ0v) is 13.7. The lowest BCUT2D eigenvalue weighted by molar-refractivity contribution is -0.128. The Morgan fingerprint density at radius 3 is 2.73 bits per heavy atom. The molecule has 0 aromatic heterocycles. The molecule has 1 N–H and O–H groups in total. The summed E-state index contributed by atoms with van der Waals surface area (Å²) in [5, 5.41) is 3.30. The van der Waals surface area contributed by atoms with E-state index in [0.717, 1.165) is 19.1 Å². The number of benzene rings is 1. The predicted molar refractivity (Wildman–Crippen MR) is 83.8 cm³/mol. The van der Waals surface area contributed by atoms with Crippen LogP contribution in [0.15, 0.2) is 18.2 Å². The van der Waals surface area contributed by atoms with Crippen LogP contribution in [0.5, 0.6) is 5.75 Å². The fourth-order valence-corrected chi connectivity index (χ4v) is 3.51. The van der Waals surface area contributed by atoms with E-state index in [4.69, 9.17) is 16.3 Å². The second kappa shape index (κ2) is 5.62. The minimum absolute atomic E-state index is 0.176. The van der Waals surface area contributed by atoms with Gasteiger partial charge in [-0.15, -0.1) is 0 Å². The van der Waals surface area contributed by atoms with Gasteiger partial charge >= 0.3 is 0 Å². The van der Waals surface area contributed by atoms with E-state index >= 15 is 0 Å². The fourth-order valence-electron chi connectivity index (χ4n) is 2.40. The number of carbonyl (C=O) groups excluding carboxylic acids is 1. The van der Waals surface area contributed by atoms with Gasteiger partial charge in [0.15, 0.2) is 6.10 Å². The number of hydrogen-bond donors (Lipinski definition) is 1. The van der Waals surface area contributed by atoms with E-state index in [0.29, 0.717) is 16.5 Å². The van der Waals surface area contributed by atoms with Crippen LogP contribution in [0.3, 0.4) is 0 Å². The maximum Gasteiger partial charge on any atom is 0.261 e. The van der Waals surface area contributed by atoms with Gasteiger partial charge in [0, 0.05) is 24.0 Å². The summed E-state index contributed by atoms with van der Waals surface area (Å²) >= 11 is 5.97. The van der Waals surface area contributed by atoms with Gasteiger partial charge in [-0.25, -0.2) is 8.42 Å². The second-order valence-corrected chi connectivity index (χ2v) is 7.97. The molecule has 1 aromatic carbocycles. The zero-order valence-electron chi connectivity index (χ0n) is 12.1. The van der Waals surface area contributed by atoms with Crippen LogP contribution in [0.25, 0.3) is 0 Å². The third kappa shape index (κ3) is 3.30. The molecule has 1 aliphatic carbocycles. The summed E-state index contributed by atoms with van der Waals surface area (Å²) in [6.45, 7) is 0.176. The first kappa shape index (κ1) is 15.4. The number of carbonyl (C=O) groups is 1. The smallest absolute Gasteiger partial charge is 0.261 e. The molecule has 22 heavy (non-hydrogen) atoms. The highest BCUT2D eigenvalue weighted by Gasteiger charge is 2.33. The van der Waals surface area contributed by atoms with Crippen molar-refractivity contribution in [3.8, 4) is 5.75 Å². The van der Waals surface area contributed by atoms with E-state index in [1.807, 2.05) is 0 Å². The number of sulfonamides is 1. The SMILES string of the molecule is CS(=O)(=O)N1CC[C@@H](C(=O)NC2CC2)Oc2ccc(Cl)cc21. The molecular formula is C14H17ClN2O4S. The molecule has 120 valence electrons. The summed E-state index contributed by atoms with van der Waals surface area (Å²) in [6, 6.07) is 4.98. The van der Waals surface area contributed by atoms with Crippen molar-refractivity contribution in [1.82, 2.24) is 5.32 Å². The van der Waals surface area contributed by atoms with Gasteiger partial charge in [0.2, 0.25) is 10.0 Å². The minimum atomic E-state index is -3.48. The lowest BCUT2D eigenvalue weighted by Gasteiger charge is -2.21.